The van der Waals surface area contributed by atoms with E-state index in [9.17, 15) is 4.39 Å². The standard InChI is InChI=1S/C20H17ClFNOS/c1-13-5-8-15(22)12-17(13)20(19-18(24-2)4-3-11-23-19)25-16-9-6-14(21)7-10-16/h3-12,20H,1-2H3. The minimum Gasteiger partial charge on any atom is -0.495 e. The summed E-state index contributed by atoms with van der Waals surface area (Å²) in [6.45, 7) is 1.97. The lowest BCUT2D eigenvalue weighted by Crippen LogP contribution is -2.05. The lowest BCUT2D eigenvalue weighted by Gasteiger charge is -2.21. The summed E-state index contributed by atoms with van der Waals surface area (Å²) in [6.07, 6.45) is 1.72. The van der Waals surface area contributed by atoms with E-state index >= 15 is 0 Å². The molecule has 0 aliphatic heterocycles. The van der Waals surface area contributed by atoms with Crippen molar-refractivity contribution in [1.29, 1.82) is 0 Å². The van der Waals surface area contributed by atoms with E-state index in [0.717, 1.165) is 21.7 Å². The van der Waals surface area contributed by atoms with Gasteiger partial charge in [-0.1, -0.05) is 17.7 Å². The van der Waals surface area contributed by atoms with Crippen molar-refractivity contribution in [1.82, 2.24) is 4.98 Å². The lowest BCUT2D eigenvalue weighted by atomic mass is 10.0. The van der Waals surface area contributed by atoms with E-state index in [0.29, 0.717) is 10.8 Å². The molecule has 2 nitrogen and oxygen atoms in total. The molecule has 0 amide bonds. The number of aryl methyl sites for hydroxylation is 1. The van der Waals surface area contributed by atoms with Crippen molar-refractivity contribution in [2.24, 2.45) is 0 Å². The Morgan fingerprint density at radius 1 is 1.12 bits per heavy atom. The van der Waals surface area contributed by atoms with Gasteiger partial charge in [0.05, 0.1) is 18.1 Å². The zero-order valence-corrected chi connectivity index (χ0v) is 15.4. The van der Waals surface area contributed by atoms with Crippen LogP contribution < -0.4 is 4.74 Å². The minimum atomic E-state index is -0.266. The van der Waals surface area contributed by atoms with Crippen molar-refractivity contribution >= 4 is 23.4 Å². The Kier molecular flexibility index (Phi) is 5.61. The van der Waals surface area contributed by atoms with Crippen LogP contribution in [-0.2, 0) is 0 Å². The summed E-state index contributed by atoms with van der Waals surface area (Å²) in [4.78, 5) is 5.54. The zero-order chi connectivity index (χ0) is 17.8. The number of benzene rings is 2. The second kappa shape index (κ2) is 7.89. The Morgan fingerprint density at radius 2 is 1.88 bits per heavy atom. The molecule has 25 heavy (non-hydrogen) atoms. The average molecular weight is 374 g/mol. The maximum Gasteiger partial charge on any atom is 0.141 e. The predicted octanol–water partition coefficient (Wildman–Crippen LogP) is 6.07. The first-order valence-electron chi connectivity index (χ1n) is 7.75. The summed E-state index contributed by atoms with van der Waals surface area (Å²) in [7, 11) is 1.61. The van der Waals surface area contributed by atoms with Gasteiger partial charge in [-0.3, -0.25) is 4.98 Å². The van der Waals surface area contributed by atoms with Gasteiger partial charge in [0, 0.05) is 16.1 Å². The molecule has 0 spiro atoms. The highest BCUT2D eigenvalue weighted by molar-refractivity contribution is 7.99. The number of hydrogen-bond donors (Lipinski definition) is 0. The fourth-order valence-corrected chi connectivity index (χ4v) is 3.94. The van der Waals surface area contributed by atoms with Crippen molar-refractivity contribution in [2.45, 2.75) is 17.1 Å². The third kappa shape index (κ3) is 4.14. The first-order valence-corrected chi connectivity index (χ1v) is 9.01. The zero-order valence-electron chi connectivity index (χ0n) is 13.9. The summed E-state index contributed by atoms with van der Waals surface area (Å²) in [6, 6.07) is 16.1. The van der Waals surface area contributed by atoms with Crippen LogP contribution in [0.1, 0.15) is 22.1 Å². The quantitative estimate of drug-likeness (QED) is 0.506. The van der Waals surface area contributed by atoms with E-state index in [1.165, 1.54) is 6.07 Å². The van der Waals surface area contributed by atoms with Crippen LogP contribution in [0.4, 0.5) is 4.39 Å². The van der Waals surface area contributed by atoms with E-state index in [4.69, 9.17) is 16.3 Å². The third-order valence-corrected chi connectivity index (χ3v) is 5.37. The summed E-state index contributed by atoms with van der Waals surface area (Å²) >= 11 is 7.57. The molecule has 0 N–H and O–H groups in total. The van der Waals surface area contributed by atoms with Crippen LogP contribution in [0.2, 0.25) is 5.02 Å². The topological polar surface area (TPSA) is 22.1 Å². The number of methoxy groups -OCH3 is 1. The number of hydrogen-bond acceptors (Lipinski definition) is 3. The molecule has 0 saturated carbocycles. The van der Waals surface area contributed by atoms with Crippen molar-refractivity contribution in [3.8, 4) is 5.75 Å². The molecule has 3 aromatic rings. The maximum atomic E-state index is 13.9. The van der Waals surface area contributed by atoms with Crippen molar-refractivity contribution in [3.63, 3.8) is 0 Å². The van der Waals surface area contributed by atoms with Gasteiger partial charge in [-0.05, 0) is 66.6 Å². The maximum absolute atomic E-state index is 13.9. The van der Waals surface area contributed by atoms with Crippen LogP contribution in [0, 0.1) is 12.7 Å². The van der Waals surface area contributed by atoms with Gasteiger partial charge in [-0.15, -0.1) is 11.8 Å². The molecule has 1 heterocycles. The van der Waals surface area contributed by atoms with Crippen LogP contribution in [0.25, 0.3) is 0 Å². The molecular weight excluding hydrogens is 357 g/mol. The number of aromatic nitrogens is 1. The highest BCUT2D eigenvalue weighted by Crippen LogP contribution is 2.44. The second-order valence-corrected chi connectivity index (χ2v) is 7.16. The predicted molar refractivity (Wildman–Crippen MR) is 101 cm³/mol. The van der Waals surface area contributed by atoms with Crippen molar-refractivity contribution < 1.29 is 9.13 Å². The van der Waals surface area contributed by atoms with Crippen molar-refractivity contribution in [3.05, 3.63) is 88.5 Å². The van der Waals surface area contributed by atoms with Crippen molar-refractivity contribution in [2.75, 3.05) is 7.11 Å². The van der Waals surface area contributed by atoms with Gasteiger partial charge >= 0.3 is 0 Å². The molecule has 0 saturated heterocycles. The molecule has 3 rings (SSSR count). The number of thioether (sulfide) groups is 1. The van der Waals surface area contributed by atoms with Crippen LogP contribution in [0.3, 0.4) is 0 Å². The van der Waals surface area contributed by atoms with Gasteiger partial charge in [0.1, 0.15) is 11.6 Å². The number of halogens is 2. The number of nitrogens with zero attached hydrogens (tertiary/aromatic N) is 1. The Balaban J connectivity index is 2.10. The lowest BCUT2D eigenvalue weighted by molar-refractivity contribution is 0.407. The van der Waals surface area contributed by atoms with E-state index in [-0.39, 0.29) is 11.1 Å². The second-order valence-electron chi connectivity index (χ2n) is 5.54. The van der Waals surface area contributed by atoms with E-state index in [2.05, 4.69) is 4.98 Å². The number of ether oxygens (including phenoxy) is 1. The molecule has 1 unspecified atom stereocenters. The average Bonchev–Trinajstić information content (AvgIpc) is 2.63. The SMILES string of the molecule is COc1cccnc1C(Sc1ccc(Cl)cc1)c1cc(F)ccc1C. The Bertz CT molecular complexity index is 870. The highest BCUT2D eigenvalue weighted by Gasteiger charge is 2.23. The first kappa shape index (κ1) is 17.8. The highest BCUT2D eigenvalue weighted by atomic mass is 35.5. The molecular formula is C20H17ClFNOS. The molecule has 0 aliphatic carbocycles. The number of pyridine rings is 1. The summed E-state index contributed by atoms with van der Waals surface area (Å²) in [5.74, 6) is 0.412. The fourth-order valence-electron chi connectivity index (χ4n) is 2.58. The molecule has 0 fully saturated rings. The molecule has 128 valence electrons. The van der Waals surface area contributed by atoms with E-state index in [1.807, 2.05) is 43.3 Å². The van der Waals surface area contributed by atoms with E-state index < -0.39 is 0 Å². The smallest absolute Gasteiger partial charge is 0.141 e. The Labute approximate surface area is 156 Å². The summed E-state index contributed by atoms with van der Waals surface area (Å²) in [5.41, 5.74) is 2.64. The number of rotatable bonds is 5. The van der Waals surface area contributed by atoms with E-state index in [1.54, 1.807) is 37.2 Å². The van der Waals surface area contributed by atoms with Crippen LogP contribution in [0.15, 0.2) is 65.7 Å². The monoisotopic (exact) mass is 373 g/mol. The van der Waals surface area contributed by atoms with Gasteiger partial charge in [0.15, 0.2) is 0 Å². The molecule has 0 aliphatic rings. The van der Waals surface area contributed by atoms with Crippen LogP contribution in [0.5, 0.6) is 5.75 Å². The molecule has 1 aromatic heterocycles. The summed E-state index contributed by atoms with van der Waals surface area (Å²) < 4.78 is 19.4. The van der Waals surface area contributed by atoms with Crippen LogP contribution in [-0.4, -0.2) is 12.1 Å². The fraction of sp³-hybridized carbons (Fsp3) is 0.150. The Hall–Kier alpha value is -2.04. The van der Waals surface area contributed by atoms with Gasteiger partial charge in [0.25, 0.3) is 0 Å². The minimum absolute atomic E-state index is 0.201. The van der Waals surface area contributed by atoms with Gasteiger partial charge in [0.2, 0.25) is 0 Å². The normalized spacial score (nSPS) is 12.0. The molecule has 2 aromatic carbocycles. The molecule has 5 heteroatoms. The van der Waals surface area contributed by atoms with Gasteiger partial charge < -0.3 is 4.74 Å². The summed E-state index contributed by atoms with van der Waals surface area (Å²) in [5, 5.41) is 0.478. The largest absolute Gasteiger partial charge is 0.495 e. The van der Waals surface area contributed by atoms with Crippen LogP contribution >= 0.6 is 23.4 Å². The van der Waals surface area contributed by atoms with Gasteiger partial charge in [-0.2, -0.15) is 0 Å². The Morgan fingerprint density at radius 3 is 2.60 bits per heavy atom. The molecule has 0 radical (unpaired) electrons. The first-order chi connectivity index (χ1) is 12.1. The molecule has 0 bridgehead atoms. The van der Waals surface area contributed by atoms with Gasteiger partial charge in [-0.25, -0.2) is 4.39 Å². The molecule has 1 atom stereocenters. The third-order valence-electron chi connectivity index (χ3n) is 3.86.